The van der Waals surface area contributed by atoms with Crippen molar-refractivity contribution in [3.8, 4) is 5.75 Å². The molecule has 0 saturated carbocycles. The molecule has 0 bridgehead atoms. The van der Waals surface area contributed by atoms with Gasteiger partial charge in [0.2, 0.25) is 0 Å². The van der Waals surface area contributed by atoms with E-state index in [0.717, 1.165) is 5.69 Å². The first-order valence-electron chi connectivity index (χ1n) is 7.25. The molecule has 0 saturated heterocycles. The zero-order valence-corrected chi connectivity index (χ0v) is 12.9. The molecule has 3 rings (SSSR count). The number of hydrogen-bond acceptors (Lipinski definition) is 6. The summed E-state index contributed by atoms with van der Waals surface area (Å²) < 4.78 is 42.9. The SMILES string of the molecule is CC1(CO)CN(Cc2nnn(CC(F)(F)F)n2)c2ccccc2O1. The van der Waals surface area contributed by atoms with Crippen molar-refractivity contribution in [1.29, 1.82) is 0 Å². The summed E-state index contributed by atoms with van der Waals surface area (Å²) >= 11 is 0. The fourth-order valence-corrected chi connectivity index (χ4v) is 2.55. The first-order valence-corrected chi connectivity index (χ1v) is 7.25. The lowest BCUT2D eigenvalue weighted by atomic mass is 10.0. The fraction of sp³-hybridized carbons (Fsp3) is 0.500. The van der Waals surface area contributed by atoms with Crippen LogP contribution >= 0.6 is 0 Å². The van der Waals surface area contributed by atoms with Gasteiger partial charge in [0.15, 0.2) is 12.4 Å². The highest BCUT2D eigenvalue weighted by atomic mass is 19.4. The number of rotatable bonds is 4. The highest BCUT2D eigenvalue weighted by molar-refractivity contribution is 5.60. The number of aromatic nitrogens is 4. The van der Waals surface area contributed by atoms with Crippen molar-refractivity contribution in [1.82, 2.24) is 20.2 Å². The van der Waals surface area contributed by atoms with Gasteiger partial charge in [0.25, 0.3) is 0 Å². The molecule has 0 radical (unpaired) electrons. The van der Waals surface area contributed by atoms with Crippen molar-refractivity contribution >= 4 is 5.69 Å². The Morgan fingerprint density at radius 2 is 2.08 bits per heavy atom. The number of halogens is 3. The van der Waals surface area contributed by atoms with E-state index < -0.39 is 18.3 Å². The fourth-order valence-electron chi connectivity index (χ4n) is 2.55. The second-order valence-corrected chi connectivity index (χ2v) is 5.89. The number of nitrogens with zero attached hydrogens (tertiary/aromatic N) is 5. The van der Waals surface area contributed by atoms with Crippen molar-refractivity contribution in [2.24, 2.45) is 0 Å². The zero-order chi connectivity index (χ0) is 17.4. The number of para-hydroxylation sites is 2. The Labute approximate surface area is 135 Å². The van der Waals surface area contributed by atoms with E-state index in [0.29, 0.717) is 17.1 Å². The van der Waals surface area contributed by atoms with Crippen LogP contribution in [0.5, 0.6) is 5.75 Å². The molecular formula is C14H16F3N5O2. The van der Waals surface area contributed by atoms with E-state index >= 15 is 0 Å². The van der Waals surface area contributed by atoms with E-state index in [4.69, 9.17) is 4.74 Å². The van der Waals surface area contributed by atoms with Gasteiger partial charge < -0.3 is 14.7 Å². The van der Waals surface area contributed by atoms with Crippen LogP contribution in [-0.4, -0.2) is 50.2 Å². The summed E-state index contributed by atoms with van der Waals surface area (Å²) in [5, 5.41) is 20.4. The van der Waals surface area contributed by atoms with Crippen LogP contribution in [0, 0.1) is 0 Å². The van der Waals surface area contributed by atoms with Gasteiger partial charge in [-0.15, -0.1) is 10.2 Å². The summed E-state index contributed by atoms with van der Waals surface area (Å²) in [6.45, 7) is 0.770. The van der Waals surface area contributed by atoms with Crippen LogP contribution in [0.15, 0.2) is 24.3 Å². The molecule has 2 aromatic rings. The van der Waals surface area contributed by atoms with Crippen LogP contribution in [-0.2, 0) is 13.1 Å². The van der Waals surface area contributed by atoms with Crippen LogP contribution in [0.1, 0.15) is 12.7 Å². The molecule has 0 aliphatic carbocycles. The number of benzene rings is 1. The third-order valence-corrected chi connectivity index (χ3v) is 3.57. The van der Waals surface area contributed by atoms with Crippen molar-refractivity contribution in [2.45, 2.75) is 31.8 Å². The van der Waals surface area contributed by atoms with Crippen LogP contribution in [0.3, 0.4) is 0 Å². The minimum Gasteiger partial charge on any atom is -0.481 e. The highest BCUT2D eigenvalue weighted by Gasteiger charge is 2.36. The maximum Gasteiger partial charge on any atom is 0.409 e. The molecule has 2 heterocycles. The molecular weight excluding hydrogens is 327 g/mol. The maximum atomic E-state index is 12.4. The lowest BCUT2D eigenvalue weighted by molar-refractivity contribution is -0.145. The zero-order valence-electron chi connectivity index (χ0n) is 12.9. The van der Waals surface area contributed by atoms with Gasteiger partial charge in [-0.1, -0.05) is 12.1 Å². The Kier molecular flexibility index (Phi) is 4.08. The number of alkyl halides is 3. The number of hydrogen-bond donors (Lipinski definition) is 1. The number of aliphatic hydroxyl groups excluding tert-OH is 1. The van der Waals surface area contributed by atoms with Crippen LogP contribution in [0.25, 0.3) is 0 Å². The average Bonchev–Trinajstić information content (AvgIpc) is 2.92. The standard InChI is InChI=1S/C14H16F3N5O2/c1-13(9-23)7-21(10-4-2-3-5-11(10)24-13)6-12-18-20-22(19-12)8-14(15,16)17/h2-5,23H,6-9H2,1H3. The van der Waals surface area contributed by atoms with E-state index in [9.17, 15) is 18.3 Å². The van der Waals surface area contributed by atoms with Gasteiger partial charge in [-0.2, -0.15) is 18.0 Å². The predicted octanol–water partition coefficient (Wildman–Crippen LogP) is 1.39. The number of tetrazole rings is 1. The van der Waals surface area contributed by atoms with Gasteiger partial charge in [-0.25, -0.2) is 0 Å². The third-order valence-electron chi connectivity index (χ3n) is 3.57. The normalized spacial score (nSPS) is 20.6. The molecule has 1 atom stereocenters. The lowest BCUT2D eigenvalue weighted by Crippen LogP contribution is -2.51. The molecule has 0 spiro atoms. The lowest BCUT2D eigenvalue weighted by Gasteiger charge is -2.41. The average molecular weight is 343 g/mol. The van der Waals surface area contributed by atoms with E-state index in [1.165, 1.54) is 0 Å². The van der Waals surface area contributed by atoms with Crippen LogP contribution in [0.4, 0.5) is 18.9 Å². The Bertz CT molecular complexity index is 720. The Hall–Kier alpha value is -2.36. The summed E-state index contributed by atoms with van der Waals surface area (Å²) in [7, 11) is 0. The molecule has 7 nitrogen and oxygen atoms in total. The monoisotopic (exact) mass is 343 g/mol. The van der Waals surface area contributed by atoms with Gasteiger partial charge >= 0.3 is 6.18 Å². The molecule has 1 unspecified atom stereocenters. The van der Waals surface area contributed by atoms with Gasteiger partial charge in [-0.05, 0) is 24.3 Å². The molecule has 1 aromatic carbocycles. The van der Waals surface area contributed by atoms with Gasteiger partial charge in [-0.3, -0.25) is 0 Å². The molecule has 0 amide bonds. The van der Waals surface area contributed by atoms with Crippen LogP contribution < -0.4 is 9.64 Å². The maximum absolute atomic E-state index is 12.4. The molecule has 1 aliphatic heterocycles. The summed E-state index contributed by atoms with van der Waals surface area (Å²) in [4.78, 5) is 2.37. The van der Waals surface area contributed by atoms with E-state index in [1.54, 1.807) is 19.1 Å². The van der Waals surface area contributed by atoms with Crippen LogP contribution in [0.2, 0.25) is 0 Å². The minimum absolute atomic E-state index is 0.161. The van der Waals surface area contributed by atoms with Gasteiger partial charge in [0, 0.05) is 0 Å². The minimum atomic E-state index is -4.40. The second-order valence-electron chi connectivity index (χ2n) is 5.89. The second kappa shape index (κ2) is 5.93. The van der Waals surface area contributed by atoms with Crippen molar-refractivity contribution < 1.29 is 23.0 Å². The Morgan fingerprint density at radius 3 is 2.79 bits per heavy atom. The topological polar surface area (TPSA) is 76.3 Å². The number of fused-ring (bicyclic) bond motifs is 1. The van der Waals surface area contributed by atoms with E-state index in [2.05, 4.69) is 15.4 Å². The van der Waals surface area contributed by atoms with Crippen molar-refractivity contribution in [2.75, 3.05) is 18.1 Å². The highest BCUT2D eigenvalue weighted by Crippen LogP contribution is 2.37. The third kappa shape index (κ3) is 3.58. The van der Waals surface area contributed by atoms with E-state index in [1.807, 2.05) is 17.0 Å². The first-order chi connectivity index (χ1) is 11.3. The molecule has 1 N–H and O–H groups in total. The van der Waals surface area contributed by atoms with Gasteiger partial charge in [0.05, 0.1) is 25.4 Å². The molecule has 130 valence electrons. The molecule has 1 aliphatic rings. The predicted molar refractivity (Wildman–Crippen MR) is 77.5 cm³/mol. The Balaban J connectivity index is 1.81. The van der Waals surface area contributed by atoms with Gasteiger partial charge in [0.1, 0.15) is 11.4 Å². The number of ether oxygens (including phenoxy) is 1. The van der Waals surface area contributed by atoms with E-state index in [-0.39, 0.29) is 19.0 Å². The first kappa shape index (κ1) is 16.5. The summed E-state index contributed by atoms with van der Waals surface area (Å²) in [6, 6.07) is 7.22. The summed E-state index contributed by atoms with van der Waals surface area (Å²) in [6.07, 6.45) is -4.40. The molecule has 10 heteroatoms. The molecule has 0 fully saturated rings. The summed E-state index contributed by atoms with van der Waals surface area (Å²) in [5.74, 6) is 0.749. The number of anilines is 1. The summed E-state index contributed by atoms with van der Waals surface area (Å²) in [5.41, 5.74) is -0.0633. The Morgan fingerprint density at radius 1 is 1.33 bits per heavy atom. The quantitative estimate of drug-likeness (QED) is 0.904. The molecule has 1 aromatic heterocycles. The smallest absolute Gasteiger partial charge is 0.409 e. The molecule has 24 heavy (non-hydrogen) atoms. The number of aliphatic hydroxyl groups is 1. The van der Waals surface area contributed by atoms with Crippen molar-refractivity contribution in [3.05, 3.63) is 30.1 Å². The van der Waals surface area contributed by atoms with Crippen molar-refractivity contribution in [3.63, 3.8) is 0 Å². The largest absolute Gasteiger partial charge is 0.481 e.